The predicted octanol–water partition coefficient (Wildman–Crippen LogP) is 2.31. The highest BCUT2D eigenvalue weighted by Crippen LogP contribution is 2.20. The average Bonchev–Trinajstić information content (AvgIpc) is 2.73. The van der Waals surface area contributed by atoms with Crippen LogP contribution >= 0.6 is 0 Å². The second-order valence-corrected chi connectivity index (χ2v) is 4.17. The summed E-state index contributed by atoms with van der Waals surface area (Å²) in [5.41, 5.74) is 0.693. The number of amides is 1. The monoisotopic (exact) mass is 237 g/mol. The smallest absolute Gasteiger partial charge is 0.410 e. The number of hydrogen-bond acceptors (Lipinski definition) is 3. The van der Waals surface area contributed by atoms with Crippen molar-refractivity contribution in [3.05, 3.63) is 24.3 Å². The number of carbonyl (C=O) groups excluding carboxylic acids is 2. The van der Waals surface area contributed by atoms with Crippen molar-refractivity contribution in [2.24, 2.45) is 0 Å². The standard InChI is InChI=1S/C13H19NO3/c1-4-8-17-13(16)14-7-5-6-12(14)9-10(2)11(3)15/h4,9,12H,1,5-8H2,2-3H3/t12-/m1/s1. The Labute approximate surface area is 102 Å². The maximum Gasteiger partial charge on any atom is 0.410 e. The molecular formula is C13H19NO3. The van der Waals surface area contributed by atoms with Crippen LogP contribution < -0.4 is 0 Å². The van der Waals surface area contributed by atoms with Crippen LogP contribution in [-0.4, -0.2) is 36.0 Å². The third-order valence-corrected chi connectivity index (χ3v) is 2.86. The number of hydrogen-bond donors (Lipinski definition) is 0. The van der Waals surface area contributed by atoms with Crippen LogP contribution in [0.5, 0.6) is 0 Å². The van der Waals surface area contributed by atoms with Gasteiger partial charge in [0.15, 0.2) is 5.78 Å². The molecule has 0 radical (unpaired) electrons. The van der Waals surface area contributed by atoms with Crippen molar-refractivity contribution in [1.29, 1.82) is 0 Å². The lowest BCUT2D eigenvalue weighted by Gasteiger charge is -2.21. The Morgan fingerprint density at radius 2 is 2.18 bits per heavy atom. The van der Waals surface area contributed by atoms with Gasteiger partial charge < -0.3 is 9.64 Å². The van der Waals surface area contributed by atoms with E-state index in [4.69, 9.17) is 4.74 Å². The van der Waals surface area contributed by atoms with Crippen LogP contribution in [0.25, 0.3) is 0 Å². The van der Waals surface area contributed by atoms with E-state index in [-0.39, 0.29) is 24.5 Å². The van der Waals surface area contributed by atoms with Gasteiger partial charge >= 0.3 is 6.09 Å². The van der Waals surface area contributed by atoms with Crippen molar-refractivity contribution in [2.45, 2.75) is 32.7 Å². The lowest BCUT2D eigenvalue weighted by atomic mass is 10.1. The highest BCUT2D eigenvalue weighted by molar-refractivity contribution is 5.92. The third kappa shape index (κ3) is 3.73. The SMILES string of the molecule is C=CCOC(=O)N1CCC[C@@H]1C=C(C)C(C)=O. The van der Waals surface area contributed by atoms with Crippen LogP contribution in [0.2, 0.25) is 0 Å². The molecule has 4 nitrogen and oxygen atoms in total. The van der Waals surface area contributed by atoms with Crippen molar-refractivity contribution in [2.75, 3.05) is 13.2 Å². The molecule has 0 aromatic heterocycles. The van der Waals surface area contributed by atoms with Gasteiger partial charge in [-0.15, -0.1) is 0 Å². The molecule has 0 bridgehead atoms. The third-order valence-electron chi connectivity index (χ3n) is 2.86. The van der Waals surface area contributed by atoms with Gasteiger partial charge in [-0.25, -0.2) is 4.79 Å². The van der Waals surface area contributed by atoms with Crippen LogP contribution in [0.15, 0.2) is 24.3 Å². The first-order valence-corrected chi connectivity index (χ1v) is 5.80. The van der Waals surface area contributed by atoms with Gasteiger partial charge in [0.1, 0.15) is 6.61 Å². The normalized spacial score (nSPS) is 20.2. The molecule has 0 N–H and O–H groups in total. The van der Waals surface area contributed by atoms with Crippen molar-refractivity contribution in [3.63, 3.8) is 0 Å². The summed E-state index contributed by atoms with van der Waals surface area (Å²) in [6.07, 6.45) is 4.88. The van der Waals surface area contributed by atoms with Gasteiger partial charge in [0.05, 0.1) is 6.04 Å². The van der Waals surface area contributed by atoms with Crippen molar-refractivity contribution < 1.29 is 14.3 Å². The minimum atomic E-state index is -0.333. The van der Waals surface area contributed by atoms with Crippen LogP contribution in [-0.2, 0) is 9.53 Å². The highest BCUT2D eigenvalue weighted by Gasteiger charge is 2.28. The van der Waals surface area contributed by atoms with Gasteiger partial charge in [0.25, 0.3) is 0 Å². The Hall–Kier alpha value is -1.58. The Balaban J connectivity index is 2.66. The first-order valence-electron chi connectivity index (χ1n) is 5.80. The molecule has 0 unspecified atom stereocenters. The fourth-order valence-electron chi connectivity index (χ4n) is 1.81. The molecule has 1 heterocycles. The molecule has 17 heavy (non-hydrogen) atoms. The van der Waals surface area contributed by atoms with Crippen molar-refractivity contribution in [1.82, 2.24) is 4.90 Å². The zero-order valence-corrected chi connectivity index (χ0v) is 10.4. The molecule has 0 spiro atoms. The molecule has 1 atom stereocenters. The Morgan fingerprint density at radius 3 is 2.76 bits per heavy atom. The maximum absolute atomic E-state index is 11.7. The average molecular weight is 237 g/mol. The topological polar surface area (TPSA) is 46.6 Å². The fourth-order valence-corrected chi connectivity index (χ4v) is 1.81. The first kappa shape index (κ1) is 13.5. The molecule has 94 valence electrons. The van der Waals surface area contributed by atoms with Crippen LogP contribution in [0.1, 0.15) is 26.7 Å². The first-order chi connectivity index (χ1) is 8.06. The highest BCUT2D eigenvalue weighted by atomic mass is 16.6. The van der Waals surface area contributed by atoms with Gasteiger partial charge in [-0.1, -0.05) is 18.7 Å². The summed E-state index contributed by atoms with van der Waals surface area (Å²) in [7, 11) is 0. The second-order valence-electron chi connectivity index (χ2n) is 4.17. The summed E-state index contributed by atoms with van der Waals surface area (Å²) < 4.78 is 5.00. The Bertz CT molecular complexity index is 347. The van der Waals surface area contributed by atoms with Gasteiger partial charge in [0.2, 0.25) is 0 Å². The lowest BCUT2D eigenvalue weighted by molar-refractivity contribution is -0.113. The molecule has 4 heteroatoms. The summed E-state index contributed by atoms with van der Waals surface area (Å²) in [4.78, 5) is 24.5. The number of carbonyl (C=O) groups is 2. The van der Waals surface area contributed by atoms with Gasteiger partial charge in [-0.05, 0) is 32.3 Å². The number of ether oxygens (including phenoxy) is 1. The van der Waals surface area contributed by atoms with E-state index in [2.05, 4.69) is 6.58 Å². The van der Waals surface area contributed by atoms with E-state index in [1.807, 2.05) is 6.08 Å². The van der Waals surface area contributed by atoms with Crippen molar-refractivity contribution in [3.8, 4) is 0 Å². The molecule has 0 aromatic rings. The van der Waals surface area contributed by atoms with Crippen molar-refractivity contribution >= 4 is 11.9 Å². The van der Waals surface area contributed by atoms with E-state index in [0.717, 1.165) is 12.8 Å². The summed E-state index contributed by atoms with van der Waals surface area (Å²) in [6, 6.07) is -0.0174. The van der Waals surface area contributed by atoms with Crippen LogP contribution in [0.4, 0.5) is 4.79 Å². The maximum atomic E-state index is 11.7. The largest absolute Gasteiger partial charge is 0.445 e. The number of Topliss-reactive ketones (excluding diaryl/α,β-unsaturated/α-hetero) is 1. The molecule has 1 aliphatic heterocycles. The van der Waals surface area contributed by atoms with E-state index >= 15 is 0 Å². The van der Waals surface area contributed by atoms with E-state index in [1.54, 1.807) is 17.9 Å². The Morgan fingerprint density at radius 1 is 1.47 bits per heavy atom. The molecule has 0 aliphatic carbocycles. The summed E-state index contributed by atoms with van der Waals surface area (Å²) in [5, 5.41) is 0. The van der Waals surface area contributed by atoms with E-state index in [9.17, 15) is 9.59 Å². The molecule has 0 aromatic carbocycles. The van der Waals surface area contributed by atoms with Gasteiger partial charge in [0, 0.05) is 6.54 Å². The number of ketones is 1. The van der Waals surface area contributed by atoms with E-state index in [1.165, 1.54) is 6.92 Å². The Kier molecular flexibility index (Phi) is 4.94. The van der Waals surface area contributed by atoms with Crippen LogP contribution in [0.3, 0.4) is 0 Å². The van der Waals surface area contributed by atoms with Gasteiger partial charge in [-0.2, -0.15) is 0 Å². The van der Waals surface area contributed by atoms with E-state index < -0.39 is 0 Å². The minimum absolute atomic E-state index is 0.0174. The summed E-state index contributed by atoms with van der Waals surface area (Å²) in [5.74, 6) is 0.0382. The van der Waals surface area contributed by atoms with E-state index in [0.29, 0.717) is 12.1 Å². The molecule has 1 amide bonds. The summed E-state index contributed by atoms with van der Waals surface area (Å²) in [6.45, 7) is 7.70. The minimum Gasteiger partial charge on any atom is -0.445 e. The molecule has 0 saturated carbocycles. The summed E-state index contributed by atoms with van der Waals surface area (Å²) >= 11 is 0. The molecule has 1 saturated heterocycles. The number of nitrogens with zero attached hydrogens (tertiary/aromatic N) is 1. The quantitative estimate of drug-likeness (QED) is 0.557. The zero-order chi connectivity index (χ0) is 12.8. The zero-order valence-electron chi connectivity index (χ0n) is 10.4. The number of allylic oxidation sites excluding steroid dienone is 1. The van der Waals surface area contributed by atoms with Crippen LogP contribution in [0, 0.1) is 0 Å². The molecule has 1 aliphatic rings. The number of likely N-dealkylation sites (tertiary alicyclic amines) is 1. The van der Waals surface area contributed by atoms with Gasteiger partial charge in [-0.3, -0.25) is 4.79 Å². The predicted molar refractivity (Wildman–Crippen MR) is 65.7 cm³/mol. The number of rotatable bonds is 4. The lowest BCUT2D eigenvalue weighted by Crippen LogP contribution is -2.35. The second kappa shape index (κ2) is 6.23. The molecular weight excluding hydrogens is 218 g/mol. The molecule has 1 fully saturated rings. The molecule has 1 rings (SSSR count). The fraction of sp³-hybridized carbons (Fsp3) is 0.538.